The molecule has 1 heterocycles. The summed E-state index contributed by atoms with van der Waals surface area (Å²) in [5.41, 5.74) is 0.688. The maximum atomic E-state index is 10.7. The highest BCUT2D eigenvalue weighted by atomic mass is 35.5. The summed E-state index contributed by atoms with van der Waals surface area (Å²) in [6, 6.07) is 4.37. The quantitative estimate of drug-likeness (QED) is 0.593. The number of nitro groups is 1. The fraction of sp³-hybridized carbons (Fsp3) is 0.571. The standard InChI is InChI=1S/C14H20ClN3O3/c15-14-4-3-12(18(20)21)7-11(14)8-16-9-13(19)10-17-5-1-2-6-17/h3-4,7,13,16,19H,1-2,5-6,8-10H2. The monoisotopic (exact) mass is 313 g/mol. The van der Waals surface area contributed by atoms with Crippen molar-refractivity contribution in [3.05, 3.63) is 38.9 Å². The summed E-state index contributed by atoms with van der Waals surface area (Å²) in [7, 11) is 0. The lowest BCUT2D eigenvalue weighted by Crippen LogP contribution is -2.36. The van der Waals surface area contributed by atoms with Gasteiger partial charge in [0.2, 0.25) is 0 Å². The summed E-state index contributed by atoms with van der Waals surface area (Å²) < 4.78 is 0. The Hall–Kier alpha value is -1.21. The highest BCUT2D eigenvalue weighted by Gasteiger charge is 2.15. The third-order valence-electron chi connectivity index (χ3n) is 3.60. The van der Waals surface area contributed by atoms with Crippen molar-refractivity contribution in [3.63, 3.8) is 0 Å². The summed E-state index contributed by atoms with van der Waals surface area (Å²) in [6.45, 7) is 3.60. The van der Waals surface area contributed by atoms with Crippen LogP contribution in [-0.2, 0) is 6.54 Å². The molecule has 21 heavy (non-hydrogen) atoms. The number of halogens is 1. The molecule has 6 nitrogen and oxygen atoms in total. The summed E-state index contributed by atoms with van der Waals surface area (Å²) in [5, 5.41) is 24.3. The Morgan fingerprint density at radius 1 is 1.43 bits per heavy atom. The Kier molecular flexibility index (Phi) is 5.93. The van der Waals surface area contributed by atoms with Crippen molar-refractivity contribution >= 4 is 17.3 Å². The molecule has 0 spiro atoms. The molecule has 0 aliphatic carbocycles. The Labute approximate surface area is 128 Å². The fourth-order valence-corrected chi connectivity index (χ4v) is 2.70. The molecular weight excluding hydrogens is 294 g/mol. The van der Waals surface area contributed by atoms with E-state index in [0.29, 0.717) is 30.2 Å². The molecule has 1 fully saturated rings. The molecule has 0 bridgehead atoms. The van der Waals surface area contributed by atoms with Gasteiger partial charge in [-0.25, -0.2) is 0 Å². The van der Waals surface area contributed by atoms with Crippen molar-refractivity contribution in [3.8, 4) is 0 Å². The van der Waals surface area contributed by atoms with Crippen LogP contribution in [0.3, 0.4) is 0 Å². The lowest BCUT2D eigenvalue weighted by Gasteiger charge is -2.19. The van der Waals surface area contributed by atoms with Crippen LogP contribution in [-0.4, -0.2) is 47.2 Å². The third kappa shape index (κ3) is 4.93. The van der Waals surface area contributed by atoms with Crippen LogP contribution in [0.25, 0.3) is 0 Å². The van der Waals surface area contributed by atoms with Crippen LogP contribution in [0.2, 0.25) is 5.02 Å². The molecular formula is C14H20ClN3O3. The molecule has 0 saturated carbocycles. The molecule has 1 aromatic carbocycles. The Bertz CT molecular complexity index is 492. The molecule has 0 radical (unpaired) electrons. The van der Waals surface area contributed by atoms with E-state index in [1.807, 2.05) is 0 Å². The van der Waals surface area contributed by atoms with Crippen molar-refractivity contribution in [2.75, 3.05) is 26.2 Å². The van der Waals surface area contributed by atoms with E-state index in [0.717, 1.165) is 13.1 Å². The van der Waals surface area contributed by atoms with Gasteiger partial charge in [0.25, 0.3) is 5.69 Å². The van der Waals surface area contributed by atoms with Crippen LogP contribution in [0.5, 0.6) is 0 Å². The lowest BCUT2D eigenvalue weighted by molar-refractivity contribution is -0.384. The minimum atomic E-state index is -0.444. The molecule has 1 unspecified atom stereocenters. The number of nitro benzene ring substituents is 1. The number of β-amino-alcohol motifs (C(OH)–C–C–N with tert-alkyl or cyclic N) is 1. The molecule has 1 aliphatic heterocycles. The second-order valence-corrected chi connectivity index (χ2v) is 5.73. The van der Waals surface area contributed by atoms with E-state index < -0.39 is 11.0 Å². The minimum Gasteiger partial charge on any atom is -0.390 e. The molecule has 1 aliphatic rings. The summed E-state index contributed by atoms with van der Waals surface area (Å²) in [6.07, 6.45) is 1.95. The van der Waals surface area contributed by atoms with Crippen molar-refractivity contribution in [1.29, 1.82) is 0 Å². The van der Waals surface area contributed by atoms with Crippen LogP contribution in [0.1, 0.15) is 18.4 Å². The third-order valence-corrected chi connectivity index (χ3v) is 3.97. The SMILES string of the molecule is O=[N+]([O-])c1ccc(Cl)c(CNCC(O)CN2CCCC2)c1. The molecule has 1 saturated heterocycles. The first-order valence-electron chi connectivity index (χ1n) is 7.10. The largest absolute Gasteiger partial charge is 0.390 e. The highest BCUT2D eigenvalue weighted by molar-refractivity contribution is 6.31. The van der Waals surface area contributed by atoms with Gasteiger partial charge in [0.1, 0.15) is 0 Å². The zero-order valence-electron chi connectivity index (χ0n) is 11.8. The van der Waals surface area contributed by atoms with Crippen LogP contribution in [0, 0.1) is 10.1 Å². The Morgan fingerprint density at radius 3 is 2.81 bits per heavy atom. The highest BCUT2D eigenvalue weighted by Crippen LogP contribution is 2.21. The predicted octanol–water partition coefficient (Wildman–Crippen LogP) is 1.79. The van der Waals surface area contributed by atoms with E-state index in [-0.39, 0.29) is 5.69 Å². The summed E-state index contributed by atoms with van der Waals surface area (Å²) in [4.78, 5) is 12.5. The summed E-state index contributed by atoms with van der Waals surface area (Å²) >= 11 is 6.02. The molecule has 1 atom stereocenters. The van der Waals surface area contributed by atoms with E-state index in [1.165, 1.54) is 31.0 Å². The fourth-order valence-electron chi connectivity index (χ4n) is 2.51. The first kappa shape index (κ1) is 16.2. The topological polar surface area (TPSA) is 78.6 Å². The normalized spacial score (nSPS) is 17.0. The number of non-ortho nitro benzene ring substituents is 1. The van der Waals surface area contributed by atoms with Gasteiger partial charge in [0.05, 0.1) is 11.0 Å². The molecule has 2 N–H and O–H groups in total. The summed E-state index contributed by atoms with van der Waals surface area (Å²) in [5.74, 6) is 0. The van der Waals surface area contributed by atoms with Crippen molar-refractivity contribution in [1.82, 2.24) is 10.2 Å². The molecule has 7 heteroatoms. The van der Waals surface area contributed by atoms with Gasteiger partial charge in [-0.3, -0.25) is 10.1 Å². The second-order valence-electron chi connectivity index (χ2n) is 5.33. The van der Waals surface area contributed by atoms with E-state index in [1.54, 1.807) is 0 Å². The number of hydrogen-bond acceptors (Lipinski definition) is 5. The minimum absolute atomic E-state index is 0.0221. The van der Waals surface area contributed by atoms with E-state index in [4.69, 9.17) is 11.6 Å². The van der Waals surface area contributed by atoms with Gasteiger partial charge in [0, 0.05) is 36.8 Å². The van der Waals surface area contributed by atoms with Gasteiger partial charge in [-0.2, -0.15) is 0 Å². The van der Waals surface area contributed by atoms with Gasteiger partial charge in [-0.05, 0) is 37.6 Å². The zero-order chi connectivity index (χ0) is 15.2. The number of nitrogens with one attached hydrogen (secondary N) is 1. The van der Waals surface area contributed by atoms with Crippen LogP contribution in [0.4, 0.5) is 5.69 Å². The Balaban J connectivity index is 1.79. The van der Waals surface area contributed by atoms with Crippen molar-refractivity contribution in [2.24, 2.45) is 0 Å². The molecule has 1 aromatic rings. The van der Waals surface area contributed by atoms with Crippen LogP contribution < -0.4 is 5.32 Å². The van der Waals surface area contributed by atoms with E-state index in [9.17, 15) is 15.2 Å². The first-order valence-corrected chi connectivity index (χ1v) is 7.48. The first-order chi connectivity index (χ1) is 10.1. The van der Waals surface area contributed by atoms with Gasteiger partial charge < -0.3 is 15.3 Å². The van der Waals surface area contributed by atoms with Crippen LogP contribution >= 0.6 is 11.6 Å². The van der Waals surface area contributed by atoms with Crippen LogP contribution in [0.15, 0.2) is 18.2 Å². The molecule has 116 valence electrons. The number of aliphatic hydroxyl groups excluding tert-OH is 1. The van der Waals surface area contributed by atoms with Gasteiger partial charge in [-0.1, -0.05) is 11.6 Å². The maximum Gasteiger partial charge on any atom is 0.269 e. The van der Waals surface area contributed by atoms with Gasteiger partial charge in [-0.15, -0.1) is 0 Å². The average molecular weight is 314 g/mol. The van der Waals surface area contributed by atoms with Gasteiger partial charge >= 0.3 is 0 Å². The van der Waals surface area contributed by atoms with Crippen molar-refractivity contribution < 1.29 is 10.0 Å². The van der Waals surface area contributed by atoms with E-state index >= 15 is 0 Å². The number of hydrogen-bond donors (Lipinski definition) is 2. The molecule has 0 amide bonds. The lowest BCUT2D eigenvalue weighted by atomic mass is 10.2. The van der Waals surface area contributed by atoms with Gasteiger partial charge in [0.15, 0.2) is 0 Å². The van der Waals surface area contributed by atoms with E-state index in [2.05, 4.69) is 10.2 Å². The number of nitrogens with zero attached hydrogens (tertiary/aromatic N) is 2. The number of aliphatic hydroxyl groups is 1. The second kappa shape index (κ2) is 7.70. The maximum absolute atomic E-state index is 10.7. The molecule has 2 rings (SSSR count). The number of likely N-dealkylation sites (tertiary alicyclic amines) is 1. The van der Waals surface area contributed by atoms with Crippen molar-refractivity contribution in [2.45, 2.75) is 25.5 Å². The average Bonchev–Trinajstić information content (AvgIpc) is 2.93. The number of rotatable bonds is 7. The zero-order valence-corrected chi connectivity index (χ0v) is 12.6. The Morgan fingerprint density at radius 2 is 2.14 bits per heavy atom. The smallest absolute Gasteiger partial charge is 0.269 e. The molecule has 0 aromatic heterocycles. The number of benzene rings is 1. The predicted molar refractivity (Wildman–Crippen MR) is 81.5 cm³/mol.